The molecule has 5 nitrogen and oxygen atoms in total. The highest BCUT2D eigenvalue weighted by atomic mass is 35.5. The Morgan fingerprint density at radius 1 is 1.47 bits per heavy atom. The number of rotatable bonds is 6. The van der Waals surface area contributed by atoms with Gasteiger partial charge in [-0.1, -0.05) is 18.5 Å². The molecule has 0 aromatic carbocycles. The first-order valence-electron chi connectivity index (χ1n) is 5.51. The highest BCUT2D eigenvalue weighted by Gasteiger charge is 2.13. The maximum Gasteiger partial charge on any atom is 0.137 e. The number of anilines is 1. The Kier molecular flexibility index (Phi) is 5.61. The third-order valence-corrected chi connectivity index (χ3v) is 2.75. The largest absolute Gasteiger partial charge is 0.394 e. The minimum absolute atomic E-state index is 0.0314. The van der Waals surface area contributed by atoms with Gasteiger partial charge in [0.25, 0.3) is 0 Å². The van der Waals surface area contributed by atoms with Crippen LogP contribution in [0.15, 0.2) is 0 Å². The van der Waals surface area contributed by atoms with Gasteiger partial charge in [-0.05, 0) is 6.92 Å². The molecule has 1 unspecified atom stereocenters. The number of aliphatic hydroxyl groups excluding tert-OH is 1. The van der Waals surface area contributed by atoms with Gasteiger partial charge in [0.05, 0.1) is 19.3 Å². The fraction of sp³-hybridized carbons (Fsp3) is 0.636. The lowest BCUT2D eigenvalue weighted by atomic mass is 10.2. The number of nitrogens with one attached hydrogen (secondary N) is 1. The van der Waals surface area contributed by atoms with Crippen molar-refractivity contribution in [3.05, 3.63) is 16.5 Å². The first-order chi connectivity index (χ1) is 8.12. The number of hydrogen-bond donors (Lipinski definition) is 2. The van der Waals surface area contributed by atoms with Crippen LogP contribution in [-0.4, -0.2) is 41.4 Å². The van der Waals surface area contributed by atoms with Crippen molar-refractivity contribution in [3.63, 3.8) is 0 Å². The lowest BCUT2D eigenvalue weighted by molar-refractivity contribution is 0.153. The molecule has 0 bridgehead atoms. The average molecular weight is 260 g/mol. The molecule has 2 N–H and O–H groups in total. The van der Waals surface area contributed by atoms with E-state index in [2.05, 4.69) is 15.3 Å². The second-order valence-corrected chi connectivity index (χ2v) is 4.09. The number of aromatic nitrogens is 2. The van der Waals surface area contributed by atoms with Gasteiger partial charge in [0, 0.05) is 19.1 Å². The topological polar surface area (TPSA) is 67.3 Å². The molecule has 96 valence electrons. The van der Waals surface area contributed by atoms with Crippen molar-refractivity contribution in [1.82, 2.24) is 9.97 Å². The fourth-order valence-electron chi connectivity index (χ4n) is 1.37. The zero-order chi connectivity index (χ0) is 12.8. The number of ether oxygens (including phenoxy) is 1. The molecule has 0 radical (unpaired) electrons. The van der Waals surface area contributed by atoms with Gasteiger partial charge in [-0.3, -0.25) is 0 Å². The van der Waals surface area contributed by atoms with Gasteiger partial charge in [-0.2, -0.15) is 0 Å². The minimum Gasteiger partial charge on any atom is -0.394 e. The summed E-state index contributed by atoms with van der Waals surface area (Å²) in [5.74, 6) is 1.33. The number of nitrogens with zero attached hydrogens (tertiary/aromatic N) is 2. The smallest absolute Gasteiger partial charge is 0.137 e. The van der Waals surface area contributed by atoms with Crippen LogP contribution in [0.1, 0.15) is 18.3 Å². The SMILES string of the molecule is CCc1nc(Cl)c(C)c(NC(CO)COC)n1. The zero-order valence-electron chi connectivity index (χ0n) is 10.3. The second-order valence-electron chi connectivity index (χ2n) is 3.74. The van der Waals surface area contributed by atoms with Crippen LogP contribution in [-0.2, 0) is 11.2 Å². The van der Waals surface area contributed by atoms with Crippen LogP contribution in [0.25, 0.3) is 0 Å². The van der Waals surface area contributed by atoms with E-state index in [4.69, 9.17) is 16.3 Å². The summed E-state index contributed by atoms with van der Waals surface area (Å²) in [6.07, 6.45) is 0.711. The van der Waals surface area contributed by atoms with Gasteiger partial charge >= 0.3 is 0 Å². The van der Waals surface area contributed by atoms with E-state index in [9.17, 15) is 5.11 Å². The molecule has 0 aliphatic heterocycles. The van der Waals surface area contributed by atoms with Crippen LogP contribution in [0.3, 0.4) is 0 Å². The van der Waals surface area contributed by atoms with Gasteiger partial charge in [-0.15, -0.1) is 0 Å². The number of aryl methyl sites for hydroxylation is 1. The van der Waals surface area contributed by atoms with Crippen molar-refractivity contribution in [3.8, 4) is 0 Å². The van der Waals surface area contributed by atoms with E-state index in [1.807, 2.05) is 13.8 Å². The predicted octanol–water partition coefficient (Wildman–Crippen LogP) is 1.42. The molecule has 0 amide bonds. The number of aliphatic hydroxyl groups is 1. The van der Waals surface area contributed by atoms with Crippen LogP contribution >= 0.6 is 11.6 Å². The number of halogens is 1. The van der Waals surface area contributed by atoms with Gasteiger partial charge in [0.2, 0.25) is 0 Å². The molecule has 17 heavy (non-hydrogen) atoms. The van der Waals surface area contributed by atoms with Crippen molar-refractivity contribution in [1.29, 1.82) is 0 Å². The molecule has 0 saturated carbocycles. The van der Waals surface area contributed by atoms with E-state index < -0.39 is 0 Å². The first kappa shape index (κ1) is 14.2. The van der Waals surface area contributed by atoms with Crippen molar-refractivity contribution < 1.29 is 9.84 Å². The molecular formula is C11H18ClN3O2. The summed E-state index contributed by atoms with van der Waals surface area (Å²) in [5, 5.41) is 12.7. The molecule has 0 fully saturated rings. The summed E-state index contributed by atoms with van der Waals surface area (Å²) in [6.45, 7) is 4.17. The van der Waals surface area contributed by atoms with E-state index in [0.717, 1.165) is 5.56 Å². The van der Waals surface area contributed by atoms with E-state index in [-0.39, 0.29) is 12.6 Å². The number of methoxy groups -OCH3 is 1. The van der Waals surface area contributed by atoms with Crippen LogP contribution in [0.5, 0.6) is 0 Å². The van der Waals surface area contributed by atoms with Crippen molar-refractivity contribution in [2.45, 2.75) is 26.3 Å². The van der Waals surface area contributed by atoms with Crippen LogP contribution < -0.4 is 5.32 Å². The standard InChI is InChI=1S/C11H18ClN3O2/c1-4-9-14-10(12)7(2)11(15-9)13-8(5-16)6-17-3/h8,16H,4-6H2,1-3H3,(H,13,14,15). The summed E-state index contributed by atoms with van der Waals surface area (Å²) in [5.41, 5.74) is 0.776. The summed E-state index contributed by atoms with van der Waals surface area (Å²) >= 11 is 6.02. The van der Waals surface area contributed by atoms with Crippen molar-refractivity contribution >= 4 is 17.4 Å². The molecule has 1 aromatic rings. The third-order valence-electron chi connectivity index (χ3n) is 2.38. The summed E-state index contributed by atoms with van der Waals surface area (Å²) in [6, 6.07) is -0.200. The quantitative estimate of drug-likeness (QED) is 0.757. The maximum atomic E-state index is 9.19. The van der Waals surface area contributed by atoms with E-state index in [1.54, 1.807) is 7.11 Å². The third kappa shape index (κ3) is 3.80. The highest BCUT2D eigenvalue weighted by molar-refractivity contribution is 6.30. The Morgan fingerprint density at radius 2 is 2.18 bits per heavy atom. The van der Waals surface area contributed by atoms with Crippen molar-refractivity contribution in [2.24, 2.45) is 0 Å². The molecular weight excluding hydrogens is 242 g/mol. The summed E-state index contributed by atoms with van der Waals surface area (Å²) in [7, 11) is 1.58. The Labute approximate surface area is 106 Å². The zero-order valence-corrected chi connectivity index (χ0v) is 11.1. The Balaban J connectivity index is 2.92. The fourth-order valence-corrected chi connectivity index (χ4v) is 1.55. The van der Waals surface area contributed by atoms with E-state index in [1.165, 1.54) is 0 Å². The van der Waals surface area contributed by atoms with Gasteiger partial charge in [-0.25, -0.2) is 9.97 Å². The monoisotopic (exact) mass is 259 g/mol. The summed E-state index contributed by atoms with van der Waals surface area (Å²) < 4.78 is 4.99. The molecule has 1 atom stereocenters. The maximum absolute atomic E-state index is 9.19. The van der Waals surface area contributed by atoms with Crippen LogP contribution in [0.2, 0.25) is 5.15 Å². The summed E-state index contributed by atoms with van der Waals surface area (Å²) in [4.78, 5) is 8.50. The van der Waals surface area contributed by atoms with E-state index >= 15 is 0 Å². The van der Waals surface area contributed by atoms with Gasteiger partial charge in [0.15, 0.2) is 0 Å². The Morgan fingerprint density at radius 3 is 2.71 bits per heavy atom. The second kappa shape index (κ2) is 6.74. The predicted molar refractivity (Wildman–Crippen MR) is 67.5 cm³/mol. The lowest BCUT2D eigenvalue weighted by Gasteiger charge is -2.18. The van der Waals surface area contributed by atoms with Crippen LogP contribution in [0, 0.1) is 6.92 Å². The first-order valence-corrected chi connectivity index (χ1v) is 5.89. The molecule has 0 aliphatic rings. The van der Waals surface area contributed by atoms with Crippen molar-refractivity contribution in [2.75, 3.05) is 25.6 Å². The Bertz CT molecular complexity index is 374. The normalized spacial score (nSPS) is 12.5. The number of hydrogen-bond acceptors (Lipinski definition) is 5. The lowest BCUT2D eigenvalue weighted by Crippen LogP contribution is -2.29. The molecule has 1 heterocycles. The molecule has 1 aromatic heterocycles. The van der Waals surface area contributed by atoms with E-state index in [0.29, 0.717) is 29.8 Å². The van der Waals surface area contributed by atoms with Crippen LogP contribution in [0.4, 0.5) is 5.82 Å². The van der Waals surface area contributed by atoms with Gasteiger partial charge in [0.1, 0.15) is 16.8 Å². The Hall–Kier alpha value is -0.910. The molecule has 1 rings (SSSR count). The average Bonchev–Trinajstić information content (AvgIpc) is 2.33. The highest BCUT2D eigenvalue weighted by Crippen LogP contribution is 2.20. The molecule has 0 spiro atoms. The van der Waals surface area contributed by atoms with Gasteiger partial charge < -0.3 is 15.2 Å². The molecule has 0 saturated heterocycles. The molecule has 6 heteroatoms. The molecule has 0 aliphatic carbocycles. The minimum atomic E-state index is -0.200.